The number of nitrogens with one attached hydrogen (secondary N) is 1. The van der Waals surface area contributed by atoms with Crippen molar-refractivity contribution in [2.24, 2.45) is 0 Å². The van der Waals surface area contributed by atoms with E-state index in [4.69, 9.17) is 0 Å². The normalized spacial score (nSPS) is 11.3. The summed E-state index contributed by atoms with van der Waals surface area (Å²) in [6.07, 6.45) is 0.608. The topological polar surface area (TPSA) is 101 Å². The lowest BCUT2D eigenvalue weighted by molar-refractivity contribution is -0.115. The predicted octanol–water partition coefficient (Wildman–Crippen LogP) is 3.29. The van der Waals surface area contributed by atoms with Crippen LogP contribution in [0.15, 0.2) is 29.2 Å². The highest BCUT2D eigenvalue weighted by Crippen LogP contribution is 2.33. The first kappa shape index (κ1) is 20.1. The Morgan fingerprint density at radius 3 is 2.27 bits per heavy atom. The maximum atomic E-state index is 12.3. The molecule has 1 aromatic heterocycles. The number of aromatic carboxylic acids is 1. The third-order valence-electron chi connectivity index (χ3n) is 4.06. The maximum Gasteiger partial charge on any atom is 0.339 e. The summed E-state index contributed by atoms with van der Waals surface area (Å²) in [5.74, 6) is -1.39. The van der Waals surface area contributed by atoms with Crippen molar-refractivity contribution in [3.8, 4) is 0 Å². The van der Waals surface area contributed by atoms with E-state index < -0.39 is 15.8 Å². The number of carboxylic acids is 1. The van der Waals surface area contributed by atoms with Gasteiger partial charge >= 0.3 is 5.97 Å². The smallest absolute Gasteiger partial charge is 0.339 e. The molecule has 2 aromatic rings. The van der Waals surface area contributed by atoms with Gasteiger partial charge in [-0.1, -0.05) is 26.0 Å². The number of carbonyl (C=O) groups is 2. The van der Waals surface area contributed by atoms with Gasteiger partial charge in [-0.05, 0) is 36.6 Å². The molecule has 0 spiro atoms. The fourth-order valence-corrected chi connectivity index (χ4v) is 4.69. The van der Waals surface area contributed by atoms with E-state index in [0.29, 0.717) is 17.0 Å². The van der Waals surface area contributed by atoms with Crippen LogP contribution in [-0.4, -0.2) is 31.2 Å². The average molecular weight is 396 g/mol. The molecule has 1 heterocycles. The molecule has 6 nitrogen and oxygen atoms in total. The van der Waals surface area contributed by atoms with Crippen molar-refractivity contribution in [1.82, 2.24) is 0 Å². The Balaban J connectivity index is 2.16. The van der Waals surface area contributed by atoms with E-state index in [1.165, 1.54) is 23.5 Å². The van der Waals surface area contributed by atoms with Crippen LogP contribution in [0.3, 0.4) is 0 Å². The number of hydrogen-bond donors (Lipinski definition) is 2. The third kappa shape index (κ3) is 4.31. The van der Waals surface area contributed by atoms with Gasteiger partial charge in [0, 0.05) is 4.88 Å². The zero-order valence-electron chi connectivity index (χ0n) is 14.8. The summed E-state index contributed by atoms with van der Waals surface area (Å²) in [7, 11) is -3.28. The van der Waals surface area contributed by atoms with Crippen LogP contribution in [0.4, 0.5) is 5.00 Å². The quantitative estimate of drug-likeness (QED) is 0.749. The molecular formula is C18H21NO5S2. The van der Waals surface area contributed by atoms with Gasteiger partial charge in [0.05, 0.1) is 22.6 Å². The van der Waals surface area contributed by atoms with Crippen LogP contribution in [0, 0.1) is 6.92 Å². The number of carbonyl (C=O) groups excluding carboxylic acids is 1. The molecule has 0 radical (unpaired) electrons. The molecule has 0 saturated carbocycles. The zero-order valence-corrected chi connectivity index (χ0v) is 16.5. The number of carboxylic acid groups (broad SMARTS) is 1. The number of amides is 1. The van der Waals surface area contributed by atoms with Gasteiger partial charge in [-0.15, -0.1) is 11.3 Å². The van der Waals surface area contributed by atoms with Crippen LogP contribution in [0.25, 0.3) is 0 Å². The molecule has 0 atom stereocenters. The number of rotatable bonds is 7. The van der Waals surface area contributed by atoms with Gasteiger partial charge in [-0.25, -0.2) is 13.2 Å². The summed E-state index contributed by atoms with van der Waals surface area (Å²) < 4.78 is 23.6. The van der Waals surface area contributed by atoms with E-state index in [1.54, 1.807) is 19.1 Å². The van der Waals surface area contributed by atoms with E-state index in [0.717, 1.165) is 10.4 Å². The summed E-state index contributed by atoms with van der Waals surface area (Å²) in [5, 5.41) is 12.4. The van der Waals surface area contributed by atoms with Crippen LogP contribution >= 0.6 is 11.3 Å². The highest BCUT2D eigenvalue weighted by molar-refractivity contribution is 7.91. The lowest BCUT2D eigenvalue weighted by Gasteiger charge is -2.06. The van der Waals surface area contributed by atoms with Gasteiger partial charge in [0.1, 0.15) is 5.00 Å². The molecule has 0 aliphatic rings. The Hall–Kier alpha value is -2.19. The number of aryl methyl sites for hydroxylation is 1. The minimum Gasteiger partial charge on any atom is -0.478 e. The van der Waals surface area contributed by atoms with Gasteiger partial charge in [-0.3, -0.25) is 4.79 Å². The maximum absolute atomic E-state index is 12.3. The minimum absolute atomic E-state index is 0.0162. The van der Waals surface area contributed by atoms with Crippen LogP contribution in [0.1, 0.15) is 40.2 Å². The van der Waals surface area contributed by atoms with Crippen LogP contribution in [0.5, 0.6) is 0 Å². The molecule has 26 heavy (non-hydrogen) atoms. The van der Waals surface area contributed by atoms with Crippen molar-refractivity contribution in [3.05, 3.63) is 45.8 Å². The zero-order chi connectivity index (χ0) is 19.5. The summed E-state index contributed by atoms with van der Waals surface area (Å²) in [5.41, 5.74) is 1.53. The second kappa shape index (κ2) is 8.01. The molecule has 0 unspecified atom stereocenters. The molecule has 8 heteroatoms. The highest BCUT2D eigenvalue weighted by Gasteiger charge is 2.22. The lowest BCUT2D eigenvalue weighted by Crippen LogP contribution is -2.16. The van der Waals surface area contributed by atoms with Gasteiger partial charge in [0.2, 0.25) is 5.91 Å². The minimum atomic E-state index is -3.28. The van der Waals surface area contributed by atoms with E-state index in [1.807, 2.05) is 13.8 Å². The number of benzene rings is 1. The van der Waals surface area contributed by atoms with Gasteiger partial charge < -0.3 is 10.4 Å². The molecule has 2 N–H and O–H groups in total. The SMILES string of the molecule is CCc1c(C)sc(NC(=O)Cc2ccc(S(=O)(=O)CC)cc2)c1C(=O)O. The fraction of sp³-hybridized carbons (Fsp3) is 0.333. The number of thiophene rings is 1. The molecule has 1 amide bonds. The lowest BCUT2D eigenvalue weighted by atomic mass is 10.1. The Kier molecular flexibility index (Phi) is 6.20. The standard InChI is InChI=1S/C18H21NO5S2/c1-4-14-11(3)25-17(16(14)18(21)22)19-15(20)10-12-6-8-13(9-7-12)26(23,24)5-2/h6-9H,4-5,10H2,1-3H3,(H,19,20)(H,21,22). The molecular weight excluding hydrogens is 374 g/mol. The van der Waals surface area contributed by atoms with Crippen LogP contribution in [0.2, 0.25) is 0 Å². The Morgan fingerprint density at radius 1 is 1.15 bits per heavy atom. The summed E-state index contributed by atoms with van der Waals surface area (Å²) in [4.78, 5) is 24.9. The molecule has 0 aliphatic heterocycles. The number of hydrogen-bond acceptors (Lipinski definition) is 5. The monoisotopic (exact) mass is 395 g/mol. The second-order valence-electron chi connectivity index (χ2n) is 5.77. The van der Waals surface area contributed by atoms with Crippen molar-refractivity contribution >= 4 is 38.1 Å². The van der Waals surface area contributed by atoms with Crippen molar-refractivity contribution in [2.75, 3.05) is 11.1 Å². The van der Waals surface area contributed by atoms with E-state index in [-0.39, 0.29) is 28.5 Å². The highest BCUT2D eigenvalue weighted by atomic mass is 32.2. The second-order valence-corrected chi connectivity index (χ2v) is 9.27. The van der Waals surface area contributed by atoms with Crippen molar-refractivity contribution in [2.45, 2.75) is 38.5 Å². The first-order chi connectivity index (χ1) is 12.2. The van der Waals surface area contributed by atoms with Gasteiger partial charge in [0.25, 0.3) is 0 Å². The Labute approximate surface area is 156 Å². The van der Waals surface area contributed by atoms with Gasteiger partial charge in [0.15, 0.2) is 9.84 Å². The van der Waals surface area contributed by atoms with Crippen molar-refractivity contribution in [1.29, 1.82) is 0 Å². The molecule has 0 aliphatic carbocycles. The predicted molar refractivity (Wildman–Crippen MR) is 102 cm³/mol. The first-order valence-electron chi connectivity index (χ1n) is 8.16. The fourth-order valence-electron chi connectivity index (χ4n) is 2.66. The molecule has 2 rings (SSSR count). The summed E-state index contributed by atoms with van der Waals surface area (Å²) in [6, 6.07) is 6.15. The molecule has 0 fully saturated rings. The number of sulfone groups is 1. The molecule has 0 bridgehead atoms. The van der Waals surface area contributed by atoms with Crippen LogP contribution < -0.4 is 5.32 Å². The number of anilines is 1. The largest absolute Gasteiger partial charge is 0.478 e. The Bertz CT molecular complexity index is 927. The van der Waals surface area contributed by atoms with E-state index >= 15 is 0 Å². The molecule has 0 saturated heterocycles. The first-order valence-corrected chi connectivity index (χ1v) is 10.6. The van der Waals surface area contributed by atoms with Crippen molar-refractivity contribution < 1.29 is 23.1 Å². The third-order valence-corrected chi connectivity index (χ3v) is 6.87. The Morgan fingerprint density at radius 2 is 1.77 bits per heavy atom. The van der Waals surface area contributed by atoms with E-state index in [2.05, 4.69) is 5.32 Å². The average Bonchev–Trinajstić information content (AvgIpc) is 2.90. The summed E-state index contributed by atoms with van der Waals surface area (Å²) in [6.45, 7) is 5.28. The van der Waals surface area contributed by atoms with Gasteiger partial charge in [-0.2, -0.15) is 0 Å². The van der Waals surface area contributed by atoms with Crippen molar-refractivity contribution in [3.63, 3.8) is 0 Å². The molecule has 140 valence electrons. The summed E-state index contributed by atoms with van der Waals surface area (Å²) >= 11 is 1.25. The molecule has 1 aromatic carbocycles. The van der Waals surface area contributed by atoms with E-state index in [9.17, 15) is 23.1 Å². The van der Waals surface area contributed by atoms with Crippen LogP contribution in [-0.2, 0) is 27.5 Å².